The Morgan fingerprint density at radius 1 is 1.00 bits per heavy atom. The summed E-state index contributed by atoms with van der Waals surface area (Å²) in [6, 6.07) is 19.8. The summed E-state index contributed by atoms with van der Waals surface area (Å²) < 4.78 is 6.31. The number of hydrogen-bond donors (Lipinski definition) is 0. The van der Waals surface area contributed by atoms with Gasteiger partial charge in [-0.15, -0.1) is 0 Å². The SMILES string of the molecule is CCC(C(=O)N1CCc2nc(N3CCC(C)CC3)nc(Oc3ccccc3)c2C1)c1ccccc1. The number of benzene rings is 2. The fraction of sp³-hybridized carbons (Fsp3) is 0.414. The van der Waals surface area contributed by atoms with Crippen LogP contribution in [0.5, 0.6) is 11.6 Å². The summed E-state index contributed by atoms with van der Waals surface area (Å²) in [4.78, 5) is 27.7. The van der Waals surface area contributed by atoms with Gasteiger partial charge < -0.3 is 14.5 Å². The Bertz CT molecular complexity index is 1140. The number of aromatic nitrogens is 2. The van der Waals surface area contributed by atoms with Gasteiger partial charge in [-0.05, 0) is 42.9 Å². The maximum absolute atomic E-state index is 13.6. The molecule has 0 aliphatic carbocycles. The average molecular weight is 471 g/mol. The first kappa shape index (κ1) is 23.3. The monoisotopic (exact) mass is 470 g/mol. The van der Waals surface area contributed by atoms with Crippen molar-refractivity contribution in [1.29, 1.82) is 0 Å². The maximum atomic E-state index is 13.6. The lowest BCUT2D eigenvalue weighted by Crippen LogP contribution is -2.40. The number of nitrogens with zero attached hydrogens (tertiary/aromatic N) is 4. The summed E-state index contributed by atoms with van der Waals surface area (Å²) >= 11 is 0. The number of hydrogen-bond acceptors (Lipinski definition) is 5. The highest BCUT2D eigenvalue weighted by atomic mass is 16.5. The van der Waals surface area contributed by atoms with Crippen molar-refractivity contribution in [1.82, 2.24) is 14.9 Å². The van der Waals surface area contributed by atoms with E-state index in [0.717, 1.165) is 66.8 Å². The molecule has 6 heteroatoms. The molecule has 1 aromatic heterocycles. The lowest BCUT2D eigenvalue weighted by molar-refractivity contribution is -0.133. The Kier molecular flexibility index (Phi) is 6.98. The molecule has 0 radical (unpaired) electrons. The molecule has 1 fully saturated rings. The van der Waals surface area contributed by atoms with Gasteiger partial charge in [-0.25, -0.2) is 4.98 Å². The van der Waals surface area contributed by atoms with Crippen LogP contribution < -0.4 is 9.64 Å². The molecule has 2 aliphatic rings. The van der Waals surface area contributed by atoms with E-state index in [2.05, 4.69) is 18.7 Å². The van der Waals surface area contributed by atoms with Crippen molar-refractivity contribution < 1.29 is 9.53 Å². The zero-order chi connectivity index (χ0) is 24.2. The van der Waals surface area contributed by atoms with E-state index in [1.807, 2.05) is 65.6 Å². The van der Waals surface area contributed by atoms with Crippen LogP contribution in [0.1, 0.15) is 55.8 Å². The van der Waals surface area contributed by atoms with E-state index in [-0.39, 0.29) is 11.8 Å². The third-order valence-electron chi connectivity index (χ3n) is 7.25. The number of ether oxygens (including phenoxy) is 1. The number of anilines is 1. The van der Waals surface area contributed by atoms with Crippen molar-refractivity contribution in [2.45, 2.75) is 52.0 Å². The molecule has 1 saturated heterocycles. The Hall–Kier alpha value is -3.41. The summed E-state index contributed by atoms with van der Waals surface area (Å²) in [5.41, 5.74) is 2.99. The van der Waals surface area contributed by atoms with Gasteiger partial charge in [0.25, 0.3) is 0 Å². The van der Waals surface area contributed by atoms with Gasteiger partial charge in [-0.1, -0.05) is 62.4 Å². The number of amides is 1. The van der Waals surface area contributed by atoms with Crippen molar-refractivity contribution in [3.05, 3.63) is 77.5 Å². The molecule has 1 amide bonds. The van der Waals surface area contributed by atoms with Gasteiger partial charge in [-0.2, -0.15) is 4.98 Å². The lowest BCUT2D eigenvalue weighted by atomic mass is 9.94. The van der Waals surface area contributed by atoms with Gasteiger partial charge in [0.15, 0.2) is 0 Å². The lowest BCUT2D eigenvalue weighted by Gasteiger charge is -2.34. The minimum Gasteiger partial charge on any atom is -0.438 e. The Balaban J connectivity index is 1.45. The number of rotatable bonds is 6. The van der Waals surface area contributed by atoms with E-state index in [9.17, 15) is 4.79 Å². The van der Waals surface area contributed by atoms with Gasteiger partial charge in [-0.3, -0.25) is 4.79 Å². The largest absolute Gasteiger partial charge is 0.438 e. The molecule has 1 atom stereocenters. The Morgan fingerprint density at radius 3 is 2.37 bits per heavy atom. The molecule has 2 aliphatic heterocycles. The number of carbonyl (C=O) groups is 1. The van der Waals surface area contributed by atoms with Gasteiger partial charge >= 0.3 is 0 Å². The highest BCUT2D eigenvalue weighted by Crippen LogP contribution is 2.34. The number of carbonyl (C=O) groups excluding carboxylic acids is 1. The van der Waals surface area contributed by atoms with E-state index in [0.29, 0.717) is 25.4 Å². The highest BCUT2D eigenvalue weighted by molar-refractivity contribution is 5.84. The summed E-state index contributed by atoms with van der Waals surface area (Å²) in [6.45, 7) is 7.44. The summed E-state index contributed by atoms with van der Waals surface area (Å²) in [5, 5.41) is 0. The third kappa shape index (κ3) is 5.16. The normalized spacial score (nSPS) is 17.1. The summed E-state index contributed by atoms with van der Waals surface area (Å²) in [5.74, 6) is 2.80. The van der Waals surface area contributed by atoms with Crippen molar-refractivity contribution in [2.24, 2.45) is 5.92 Å². The molecular weight excluding hydrogens is 436 g/mol. The van der Waals surface area contributed by atoms with E-state index in [1.54, 1.807) is 0 Å². The van der Waals surface area contributed by atoms with Crippen molar-refractivity contribution in [3.8, 4) is 11.6 Å². The summed E-state index contributed by atoms with van der Waals surface area (Å²) in [7, 11) is 0. The van der Waals surface area contributed by atoms with Crippen LogP contribution in [-0.4, -0.2) is 40.4 Å². The fourth-order valence-corrected chi connectivity index (χ4v) is 5.05. The van der Waals surface area contributed by atoms with Crippen LogP contribution in [0.2, 0.25) is 0 Å². The minimum absolute atomic E-state index is 0.147. The zero-order valence-corrected chi connectivity index (χ0v) is 20.7. The molecule has 3 heterocycles. The van der Waals surface area contributed by atoms with Gasteiger partial charge in [0, 0.05) is 26.1 Å². The molecule has 6 nitrogen and oxygen atoms in total. The molecule has 3 aromatic rings. The standard InChI is InChI=1S/C29H34N4O2/c1-3-24(22-10-6-4-7-11-22)28(34)33-19-16-26-25(20-33)27(35-23-12-8-5-9-13-23)31-29(30-26)32-17-14-21(2)15-18-32/h4-13,21,24H,3,14-20H2,1-2H3. The molecule has 1 unspecified atom stereocenters. The van der Waals surface area contributed by atoms with E-state index in [1.165, 1.54) is 0 Å². The third-order valence-corrected chi connectivity index (χ3v) is 7.25. The number of fused-ring (bicyclic) bond motifs is 1. The molecule has 0 saturated carbocycles. The second-order valence-corrected chi connectivity index (χ2v) is 9.72. The predicted molar refractivity (Wildman–Crippen MR) is 138 cm³/mol. The second-order valence-electron chi connectivity index (χ2n) is 9.72. The first-order valence-electron chi connectivity index (χ1n) is 12.8. The number of piperidine rings is 1. The van der Waals surface area contributed by atoms with E-state index < -0.39 is 0 Å². The topological polar surface area (TPSA) is 58.6 Å². The first-order valence-corrected chi connectivity index (χ1v) is 12.8. The molecule has 0 N–H and O–H groups in total. The Labute approximate surface area is 208 Å². The summed E-state index contributed by atoms with van der Waals surface area (Å²) in [6.07, 6.45) is 3.77. The van der Waals surface area contributed by atoms with Crippen LogP contribution in [0.25, 0.3) is 0 Å². The van der Waals surface area contributed by atoms with Crippen molar-refractivity contribution in [3.63, 3.8) is 0 Å². The zero-order valence-electron chi connectivity index (χ0n) is 20.7. The van der Waals surface area contributed by atoms with Gasteiger partial charge in [0.05, 0.1) is 23.7 Å². The second kappa shape index (κ2) is 10.5. The molecule has 0 spiro atoms. The van der Waals surface area contributed by atoms with Crippen molar-refractivity contribution >= 4 is 11.9 Å². The smallest absolute Gasteiger partial charge is 0.230 e. The molecular formula is C29H34N4O2. The highest BCUT2D eigenvalue weighted by Gasteiger charge is 2.31. The van der Waals surface area contributed by atoms with E-state index >= 15 is 0 Å². The van der Waals surface area contributed by atoms with Crippen LogP contribution in [0, 0.1) is 5.92 Å². The molecule has 2 aromatic carbocycles. The first-order chi connectivity index (χ1) is 17.1. The van der Waals surface area contributed by atoms with Crippen LogP contribution >= 0.6 is 0 Å². The van der Waals surface area contributed by atoms with Crippen LogP contribution in [0.3, 0.4) is 0 Å². The van der Waals surface area contributed by atoms with Crippen LogP contribution in [-0.2, 0) is 17.8 Å². The molecule has 5 rings (SSSR count). The maximum Gasteiger partial charge on any atom is 0.230 e. The molecule has 0 bridgehead atoms. The quantitative estimate of drug-likeness (QED) is 0.470. The van der Waals surface area contributed by atoms with Crippen LogP contribution in [0.4, 0.5) is 5.95 Å². The number of para-hydroxylation sites is 1. The van der Waals surface area contributed by atoms with Crippen molar-refractivity contribution in [2.75, 3.05) is 24.5 Å². The molecule has 35 heavy (non-hydrogen) atoms. The molecule has 182 valence electrons. The van der Waals surface area contributed by atoms with Gasteiger partial charge in [0.1, 0.15) is 5.75 Å². The minimum atomic E-state index is -0.147. The van der Waals surface area contributed by atoms with E-state index in [4.69, 9.17) is 14.7 Å². The van der Waals surface area contributed by atoms with Gasteiger partial charge in [0.2, 0.25) is 17.7 Å². The average Bonchev–Trinajstić information content (AvgIpc) is 2.90. The van der Waals surface area contributed by atoms with Crippen LogP contribution in [0.15, 0.2) is 60.7 Å². The Morgan fingerprint density at radius 2 is 1.69 bits per heavy atom. The predicted octanol–water partition coefficient (Wildman–Crippen LogP) is 5.58. The fourth-order valence-electron chi connectivity index (χ4n) is 5.05.